The van der Waals surface area contributed by atoms with Crippen LogP contribution in [0.25, 0.3) is 10.9 Å². The second kappa shape index (κ2) is 8.11. The van der Waals surface area contributed by atoms with Crippen molar-refractivity contribution in [3.63, 3.8) is 0 Å². The number of methoxy groups -OCH3 is 1. The molecule has 0 saturated heterocycles. The molecule has 0 spiro atoms. The zero-order valence-corrected chi connectivity index (χ0v) is 15.1. The molecule has 0 radical (unpaired) electrons. The summed E-state index contributed by atoms with van der Waals surface area (Å²) < 4.78 is 11.9. The maximum Gasteiger partial charge on any atom is 0.262 e. The number of nitrogens with one attached hydrogen (secondary N) is 2. The zero-order chi connectivity index (χ0) is 18.5. The molecule has 0 saturated carbocycles. The van der Waals surface area contributed by atoms with E-state index in [-0.39, 0.29) is 22.8 Å². The monoisotopic (exact) mass is 373 g/mol. The topological polar surface area (TPSA) is 89.3 Å². The van der Waals surface area contributed by atoms with Crippen LogP contribution >= 0.6 is 12.2 Å². The van der Waals surface area contributed by atoms with Crippen LogP contribution in [0.15, 0.2) is 45.8 Å². The Balaban J connectivity index is 1.88. The van der Waals surface area contributed by atoms with E-state index in [1.54, 1.807) is 43.7 Å². The molecule has 1 aromatic carbocycles. The molecular formula is C18H19N3O4S. The first-order valence-electron chi connectivity index (χ1n) is 8.16. The highest BCUT2D eigenvalue weighted by Gasteiger charge is 2.11. The van der Waals surface area contributed by atoms with E-state index in [4.69, 9.17) is 21.4 Å². The number of fused-ring (bicyclic) bond motifs is 1. The van der Waals surface area contributed by atoms with Crippen molar-refractivity contribution in [2.24, 2.45) is 0 Å². The number of hydrogen-bond donors (Lipinski definition) is 2. The van der Waals surface area contributed by atoms with Gasteiger partial charge in [0.15, 0.2) is 4.77 Å². The second-order valence-electron chi connectivity index (χ2n) is 5.76. The summed E-state index contributed by atoms with van der Waals surface area (Å²) in [6.07, 6.45) is 2.28. The number of furan rings is 1. The molecule has 2 N–H and O–H groups in total. The number of amides is 1. The minimum absolute atomic E-state index is 0.206. The predicted molar refractivity (Wildman–Crippen MR) is 100 cm³/mol. The second-order valence-corrected chi connectivity index (χ2v) is 6.15. The third kappa shape index (κ3) is 3.92. The van der Waals surface area contributed by atoms with Gasteiger partial charge >= 0.3 is 0 Å². The first-order valence-corrected chi connectivity index (χ1v) is 8.57. The van der Waals surface area contributed by atoms with Gasteiger partial charge in [-0.15, -0.1) is 0 Å². The Morgan fingerprint density at radius 3 is 2.96 bits per heavy atom. The van der Waals surface area contributed by atoms with Gasteiger partial charge in [-0.1, -0.05) is 0 Å². The molecule has 0 bridgehead atoms. The van der Waals surface area contributed by atoms with Crippen LogP contribution in [0.5, 0.6) is 0 Å². The third-order valence-electron chi connectivity index (χ3n) is 3.95. The van der Waals surface area contributed by atoms with E-state index in [2.05, 4.69) is 10.3 Å². The Labute approximate surface area is 154 Å². The van der Waals surface area contributed by atoms with Crippen LogP contribution in [-0.4, -0.2) is 35.7 Å². The number of ether oxygens (including phenoxy) is 1. The normalized spacial score (nSPS) is 11.0. The zero-order valence-electron chi connectivity index (χ0n) is 14.3. The standard InChI is InChI=1S/C18H19N3O4S/c1-24-8-3-7-19-16(22)12-5-6-14-15(10-12)20-18(26)21(17(14)23)11-13-4-2-9-25-13/h2,4-6,9-10H,3,7-8,11H2,1H3,(H,19,22)(H,20,26). The lowest BCUT2D eigenvalue weighted by Crippen LogP contribution is -2.26. The number of benzene rings is 1. The summed E-state index contributed by atoms with van der Waals surface area (Å²) in [5.41, 5.74) is 0.760. The third-order valence-corrected chi connectivity index (χ3v) is 4.27. The Bertz CT molecular complexity index is 1020. The summed E-state index contributed by atoms with van der Waals surface area (Å²) in [5.74, 6) is 0.431. The Morgan fingerprint density at radius 2 is 2.23 bits per heavy atom. The molecule has 0 aliphatic heterocycles. The van der Waals surface area contributed by atoms with E-state index in [9.17, 15) is 9.59 Å². The number of carbonyl (C=O) groups is 1. The van der Waals surface area contributed by atoms with Crippen molar-refractivity contribution in [1.82, 2.24) is 14.9 Å². The number of nitrogens with zero attached hydrogens (tertiary/aromatic N) is 1. The van der Waals surface area contributed by atoms with Crippen LogP contribution < -0.4 is 10.9 Å². The first-order chi connectivity index (χ1) is 12.6. The number of hydrogen-bond acceptors (Lipinski definition) is 5. The first kappa shape index (κ1) is 18.1. The van der Waals surface area contributed by atoms with Crippen molar-refractivity contribution in [2.45, 2.75) is 13.0 Å². The van der Waals surface area contributed by atoms with Gasteiger partial charge in [0, 0.05) is 25.8 Å². The molecule has 0 aliphatic carbocycles. The highest BCUT2D eigenvalue weighted by molar-refractivity contribution is 7.71. The number of aromatic nitrogens is 2. The smallest absolute Gasteiger partial charge is 0.262 e. The fourth-order valence-electron chi connectivity index (χ4n) is 2.62. The van der Waals surface area contributed by atoms with E-state index in [0.29, 0.717) is 35.4 Å². The summed E-state index contributed by atoms with van der Waals surface area (Å²) >= 11 is 5.30. The van der Waals surface area contributed by atoms with Crippen LogP contribution in [0.2, 0.25) is 0 Å². The number of carbonyl (C=O) groups excluding carboxylic acids is 1. The molecule has 0 aliphatic rings. The molecule has 7 nitrogen and oxygen atoms in total. The van der Waals surface area contributed by atoms with E-state index in [0.717, 1.165) is 6.42 Å². The fraction of sp³-hybridized carbons (Fsp3) is 0.278. The van der Waals surface area contributed by atoms with E-state index in [1.165, 1.54) is 4.57 Å². The van der Waals surface area contributed by atoms with Crippen LogP contribution in [0.4, 0.5) is 0 Å². The predicted octanol–water partition coefficient (Wildman–Crippen LogP) is 2.47. The van der Waals surface area contributed by atoms with Gasteiger partial charge in [-0.2, -0.15) is 0 Å². The average molecular weight is 373 g/mol. The van der Waals surface area contributed by atoms with Gasteiger partial charge in [0.2, 0.25) is 0 Å². The molecule has 0 unspecified atom stereocenters. The van der Waals surface area contributed by atoms with Crippen molar-refractivity contribution in [3.8, 4) is 0 Å². The van der Waals surface area contributed by atoms with Crippen LogP contribution in [0, 0.1) is 4.77 Å². The lowest BCUT2D eigenvalue weighted by Gasteiger charge is -2.09. The molecule has 0 atom stereocenters. The maximum atomic E-state index is 12.7. The van der Waals surface area contributed by atoms with Gasteiger partial charge in [0.1, 0.15) is 5.76 Å². The summed E-state index contributed by atoms with van der Waals surface area (Å²) in [6, 6.07) is 8.43. The van der Waals surface area contributed by atoms with Crippen LogP contribution in [0.1, 0.15) is 22.5 Å². The van der Waals surface area contributed by atoms with Crippen molar-refractivity contribution in [1.29, 1.82) is 0 Å². The highest BCUT2D eigenvalue weighted by atomic mass is 32.1. The van der Waals surface area contributed by atoms with Crippen LogP contribution in [0.3, 0.4) is 0 Å². The Morgan fingerprint density at radius 1 is 1.38 bits per heavy atom. The molecule has 136 valence electrons. The quantitative estimate of drug-likeness (QED) is 0.491. The summed E-state index contributed by atoms with van der Waals surface area (Å²) in [5, 5.41) is 3.27. The molecule has 26 heavy (non-hydrogen) atoms. The fourth-order valence-corrected chi connectivity index (χ4v) is 2.88. The van der Waals surface area contributed by atoms with Gasteiger partial charge in [0.05, 0.1) is 23.7 Å². The molecule has 3 rings (SSSR count). The van der Waals surface area contributed by atoms with Crippen molar-refractivity contribution < 1.29 is 13.9 Å². The highest BCUT2D eigenvalue weighted by Crippen LogP contribution is 2.12. The van der Waals surface area contributed by atoms with Gasteiger partial charge < -0.3 is 19.5 Å². The number of H-pyrrole nitrogens is 1. The van der Waals surface area contributed by atoms with Crippen molar-refractivity contribution in [3.05, 3.63) is 63.0 Å². The number of aromatic amines is 1. The maximum absolute atomic E-state index is 12.7. The Hall–Kier alpha value is -2.71. The summed E-state index contributed by atoms with van der Waals surface area (Å²) in [4.78, 5) is 28.0. The summed E-state index contributed by atoms with van der Waals surface area (Å²) in [6.45, 7) is 1.35. The molecular weight excluding hydrogens is 354 g/mol. The van der Waals surface area contributed by atoms with Gasteiger partial charge in [-0.25, -0.2) is 0 Å². The lowest BCUT2D eigenvalue weighted by molar-refractivity contribution is 0.0948. The van der Waals surface area contributed by atoms with Crippen LogP contribution in [-0.2, 0) is 11.3 Å². The van der Waals surface area contributed by atoms with E-state index in [1.807, 2.05) is 0 Å². The molecule has 8 heteroatoms. The van der Waals surface area contributed by atoms with E-state index < -0.39 is 0 Å². The number of rotatable bonds is 7. The molecule has 2 aromatic heterocycles. The summed E-state index contributed by atoms with van der Waals surface area (Å²) in [7, 11) is 1.62. The minimum atomic E-state index is -0.229. The molecule has 2 heterocycles. The average Bonchev–Trinajstić information content (AvgIpc) is 3.15. The largest absolute Gasteiger partial charge is 0.467 e. The van der Waals surface area contributed by atoms with Crippen molar-refractivity contribution in [2.75, 3.05) is 20.3 Å². The van der Waals surface area contributed by atoms with Gasteiger partial charge in [0.25, 0.3) is 11.5 Å². The lowest BCUT2D eigenvalue weighted by atomic mass is 10.1. The molecule has 1 amide bonds. The van der Waals surface area contributed by atoms with Crippen molar-refractivity contribution >= 4 is 29.0 Å². The SMILES string of the molecule is COCCCNC(=O)c1ccc2c(=O)n(Cc3ccco3)c(=S)[nH]c2c1. The van der Waals surface area contributed by atoms with E-state index >= 15 is 0 Å². The minimum Gasteiger partial charge on any atom is -0.467 e. The molecule has 3 aromatic rings. The Kier molecular flexibility index (Phi) is 5.65. The molecule has 0 fully saturated rings. The van der Waals surface area contributed by atoms with Gasteiger partial charge in [-0.3, -0.25) is 14.2 Å². The van der Waals surface area contributed by atoms with Gasteiger partial charge in [-0.05, 0) is 49.0 Å².